The molecule has 1 aliphatic carbocycles. The van der Waals surface area contributed by atoms with Crippen molar-refractivity contribution < 1.29 is 0 Å². The minimum atomic E-state index is -0.189. The van der Waals surface area contributed by atoms with Crippen LogP contribution in [0, 0.1) is 0 Å². The minimum Gasteiger partial charge on any atom is -0.322 e. The molecule has 0 bridgehead atoms. The third-order valence-electron chi connectivity index (χ3n) is 3.58. The summed E-state index contributed by atoms with van der Waals surface area (Å²) in [5.41, 5.74) is 9.86. The highest BCUT2D eigenvalue weighted by atomic mass is 32.1. The van der Waals surface area contributed by atoms with Crippen molar-refractivity contribution in [3.63, 3.8) is 0 Å². The molecule has 0 saturated carbocycles. The maximum Gasteiger partial charge on any atom is 0.0380 e. The van der Waals surface area contributed by atoms with Gasteiger partial charge in [-0.25, -0.2) is 0 Å². The molecule has 0 aliphatic heterocycles. The summed E-state index contributed by atoms with van der Waals surface area (Å²) in [5.74, 6) is 0. The first-order valence-electron chi connectivity index (χ1n) is 7.39. The molecule has 0 amide bonds. The highest BCUT2D eigenvalue weighted by Crippen LogP contribution is 2.32. The van der Waals surface area contributed by atoms with Crippen LogP contribution in [0.5, 0.6) is 0 Å². The molecule has 0 aromatic carbocycles. The lowest BCUT2D eigenvalue weighted by atomic mass is 9.78. The molecule has 0 aromatic rings. The number of hydrogen-bond acceptors (Lipinski definition) is 2. The Morgan fingerprint density at radius 3 is 2.57 bits per heavy atom. The van der Waals surface area contributed by atoms with Crippen LogP contribution in [0.3, 0.4) is 0 Å². The predicted molar refractivity (Wildman–Crippen MR) is 98.4 cm³/mol. The van der Waals surface area contributed by atoms with Crippen molar-refractivity contribution >= 4 is 12.6 Å². The highest BCUT2D eigenvalue weighted by Gasteiger charge is 2.26. The Balaban J connectivity index is 2.64. The van der Waals surface area contributed by atoms with Crippen molar-refractivity contribution in [2.24, 2.45) is 5.73 Å². The van der Waals surface area contributed by atoms with Crippen molar-refractivity contribution in [3.05, 3.63) is 70.7 Å². The number of hydrogen-bond donors (Lipinski definition) is 2. The third-order valence-corrected chi connectivity index (χ3v) is 3.86. The average Bonchev–Trinajstić information content (AvgIpc) is 2.34. The van der Waals surface area contributed by atoms with Gasteiger partial charge in [-0.15, -0.1) is 12.6 Å². The van der Waals surface area contributed by atoms with Crippen molar-refractivity contribution in [2.75, 3.05) is 0 Å². The maximum atomic E-state index is 6.37. The van der Waals surface area contributed by atoms with E-state index in [-0.39, 0.29) is 5.54 Å². The van der Waals surface area contributed by atoms with E-state index in [1.165, 1.54) is 17.6 Å². The Morgan fingerprint density at radius 1 is 1.29 bits per heavy atom. The largest absolute Gasteiger partial charge is 0.322 e. The van der Waals surface area contributed by atoms with Crippen molar-refractivity contribution in [1.29, 1.82) is 0 Å². The van der Waals surface area contributed by atoms with E-state index in [9.17, 15) is 0 Å². The molecule has 0 radical (unpaired) electrons. The van der Waals surface area contributed by atoms with Crippen LogP contribution >= 0.6 is 12.6 Å². The molecule has 0 saturated heterocycles. The van der Waals surface area contributed by atoms with E-state index >= 15 is 0 Å². The van der Waals surface area contributed by atoms with E-state index in [0.717, 1.165) is 23.3 Å². The summed E-state index contributed by atoms with van der Waals surface area (Å²) in [6, 6.07) is 0. The van der Waals surface area contributed by atoms with Crippen LogP contribution in [0.2, 0.25) is 0 Å². The monoisotopic (exact) mass is 301 g/mol. The van der Waals surface area contributed by atoms with E-state index in [2.05, 4.69) is 45.2 Å². The topological polar surface area (TPSA) is 26.0 Å². The zero-order valence-corrected chi connectivity index (χ0v) is 14.3. The van der Waals surface area contributed by atoms with Crippen LogP contribution in [0.4, 0.5) is 0 Å². The molecule has 0 aromatic heterocycles. The van der Waals surface area contributed by atoms with Crippen LogP contribution in [-0.4, -0.2) is 5.54 Å². The number of allylic oxidation sites excluding steroid dienone is 8. The Hall–Kier alpha value is -1.25. The Bertz CT molecular complexity index is 528. The molecule has 1 aliphatic rings. The molecule has 1 nitrogen and oxygen atoms in total. The Morgan fingerprint density at radius 2 is 1.95 bits per heavy atom. The lowest BCUT2D eigenvalue weighted by Crippen LogP contribution is -2.40. The fraction of sp³-hybridized carbons (Fsp3) is 0.368. The highest BCUT2D eigenvalue weighted by molar-refractivity contribution is 7.84. The van der Waals surface area contributed by atoms with E-state index in [1.807, 2.05) is 37.3 Å². The first kappa shape index (κ1) is 17.8. The van der Waals surface area contributed by atoms with Crippen LogP contribution < -0.4 is 5.73 Å². The van der Waals surface area contributed by atoms with E-state index in [4.69, 9.17) is 5.73 Å². The molecular formula is C19H27NS. The average molecular weight is 301 g/mol. The molecule has 0 spiro atoms. The second-order valence-corrected chi connectivity index (χ2v) is 6.50. The Kier molecular flexibility index (Phi) is 7.00. The summed E-state index contributed by atoms with van der Waals surface area (Å²) in [6.07, 6.45) is 17.5. The van der Waals surface area contributed by atoms with Crippen molar-refractivity contribution in [2.45, 2.75) is 45.6 Å². The van der Waals surface area contributed by atoms with Gasteiger partial charge in [-0.2, -0.15) is 0 Å². The summed E-state index contributed by atoms with van der Waals surface area (Å²) < 4.78 is 0. The number of thiol groups is 1. The maximum absolute atomic E-state index is 6.37. The van der Waals surface area contributed by atoms with Gasteiger partial charge in [-0.3, -0.25) is 0 Å². The lowest BCUT2D eigenvalue weighted by molar-refractivity contribution is 0.461. The first-order valence-corrected chi connectivity index (χ1v) is 7.84. The molecule has 114 valence electrons. The van der Waals surface area contributed by atoms with Crippen LogP contribution in [0.1, 0.15) is 40.0 Å². The summed E-state index contributed by atoms with van der Waals surface area (Å²) in [7, 11) is 0. The Labute approximate surface area is 135 Å². The molecule has 1 unspecified atom stereocenters. The molecule has 1 atom stereocenters. The smallest absolute Gasteiger partial charge is 0.0380 e. The molecule has 0 heterocycles. The van der Waals surface area contributed by atoms with Gasteiger partial charge in [0.05, 0.1) is 0 Å². The predicted octanol–water partition coefficient (Wildman–Crippen LogP) is 5.26. The van der Waals surface area contributed by atoms with Gasteiger partial charge in [0.25, 0.3) is 0 Å². The minimum absolute atomic E-state index is 0.189. The first-order chi connectivity index (χ1) is 9.83. The SMILES string of the molecule is C=C(C)\C=C(S)/C=C/C=C/C=C/C1=C(C)CCCC1(C)N. The second-order valence-electron chi connectivity index (χ2n) is 5.98. The zero-order valence-electron chi connectivity index (χ0n) is 13.4. The van der Waals surface area contributed by atoms with Gasteiger partial charge in [0.2, 0.25) is 0 Å². The van der Waals surface area contributed by atoms with Gasteiger partial charge < -0.3 is 5.73 Å². The van der Waals surface area contributed by atoms with E-state index in [0.29, 0.717) is 0 Å². The van der Waals surface area contributed by atoms with Gasteiger partial charge in [-0.05, 0) is 57.8 Å². The summed E-state index contributed by atoms with van der Waals surface area (Å²) in [5, 5.41) is 0. The van der Waals surface area contributed by atoms with Gasteiger partial charge in [0.15, 0.2) is 0 Å². The molecule has 1 rings (SSSR count). The van der Waals surface area contributed by atoms with Crippen LogP contribution in [0.25, 0.3) is 0 Å². The lowest BCUT2D eigenvalue weighted by Gasteiger charge is -2.32. The number of rotatable bonds is 5. The molecular weight excluding hydrogens is 274 g/mol. The van der Waals surface area contributed by atoms with Crippen molar-refractivity contribution in [3.8, 4) is 0 Å². The normalized spacial score (nSPS) is 24.7. The third kappa shape index (κ3) is 6.36. The zero-order chi connectivity index (χ0) is 15.9. The van der Waals surface area contributed by atoms with Crippen LogP contribution in [-0.2, 0) is 0 Å². The fourth-order valence-electron chi connectivity index (χ4n) is 2.55. The molecule has 2 heteroatoms. The molecule has 0 fully saturated rings. The molecule has 21 heavy (non-hydrogen) atoms. The second kappa shape index (κ2) is 8.26. The fourth-order valence-corrected chi connectivity index (χ4v) is 2.85. The molecule has 2 N–H and O–H groups in total. The van der Waals surface area contributed by atoms with Crippen molar-refractivity contribution in [1.82, 2.24) is 0 Å². The summed E-state index contributed by atoms with van der Waals surface area (Å²) in [6.45, 7) is 10.1. The standard InChI is InChI=1S/C19H27NS/c1-15(2)14-17(21)11-7-5-6-8-12-18-16(3)10-9-13-19(18,4)20/h5-8,11-12,14,21H,1,9-10,13,20H2,2-4H3/b6-5+,11-7+,12-8+,17-14+. The van der Waals surface area contributed by atoms with Gasteiger partial charge >= 0.3 is 0 Å². The van der Waals surface area contributed by atoms with Gasteiger partial charge in [-0.1, -0.05) is 48.1 Å². The van der Waals surface area contributed by atoms with E-state index < -0.39 is 0 Å². The quantitative estimate of drug-likeness (QED) is 0.525. The summed E-state index contributed by atoms with van der Waals surface area (Å²) in [4.78, 5) is 0.900. The van der Waals surface area contributed by atoms with Crippen LogP contribution in [0.15, 0.2) is 70.7 Å². The number of nitrogens with two attached hydrogens (primary N) is 1. The van der Waals surface area contributed by atoms with Gasteiger partial charge in [0, 0.05) is 10.4 Å². The van der Waals surface area contributed by atoms with Gasteiger partial charge in [0.1, 0.15) is 0 Å². The summed E-state index contributed by atoms with van der Waals surface area (Å²) >= 11 is 4.35. The van der Waals surface area contributed by atoms with E-state index in [1.54, 1.807) is 0 Å².